The van der Waals surface area contributed by atoms with Crippen molar-refractivity contribution in [2.75, 3.05) is 31.1 Å². The normalized spacial score (nSPS) is 18.7. The Morgan fingerprint density at radius 1 is 0.943 bits per heavy atom. The fraction of sp³-hybridized carbons (Fsp3) is 0.552. The summed E-state index contributed by atoms with van der Waals surface area (Å²) in [4.78, 5) is 38.1. The third kappa shape index (κ3) is 6.10. The first-order valence-electron chi connectivity index (χ1n) is 13.3. The molecule has 0 bridgehead atoms. The molecule has 2 aromatic rings. The number of hydrogen-bond donors (Lipinski definition) is 0. The van der Waals surface area contributed by atoms with Crippen LogP contribution in [0, 0.1) is 12.8 Å². The van der Waals surface area contributed by atoms with Gasteiger partial charge in [-0.15, -0.1) is 0 Å². The van der Waals surface area contributed by atoms with E-state index in [-0.39, 0.29) is 17.7 Å². The summed E-state index contributed by atoms with van der Waals surface area (Å²) in [5.41, 5.74) is 3.75. The van der Waals surface area contributed by atoms with Crippen LogP contribution in [0.2, 0.25) is 0 Å². The summed E-state index contributed by atoms with van der Waals surface area (Å²) in [5.74, 6) is 0.357. The van der Waals surface area contributed by atoms with E-state index in [1.54, 1.807) is 12.4 Å². The Bertz CT molecular complexity index is 1000. The number of benzene rings is 1. The third-order valence-electron chi connectivity index (χ3n) is 7.58. The summed E-state index contributed by atoms with van der Waals surface area (Å²) in [5, 5.41) is 0. The van der Waals surface area contributed by atoms with Gasteiger partial charge in [0, 0.05) is 57.1 Å². The van der Waals surface area contributed by atoms with Gasteiger partial charge in [0.25, 0.3) is 5.91 Å². The van der Waals surface area contributed by atoms with Crippen LogP contribution in [0.5, 0.6) is 0 Å². The van der Waals surface area contributed by atoms with Gasteiger partial charge in [0.15, 0.2) is 0 Å². The minimum absolute atomic E-state index is 0.0151. The second kappa shape index (κ2) is 11.8. The molecule has 1 aromatic carbocycles. The smallest absolute Gasteiger partial charge is 0.255 e. The molecule has 2 aliphatic rings. The first-order chi connectivity index (χ1) is 17.0. The molecule has 6 nitrogen and oxygen atoms in total. The monoisotopic (exact) mass is 476 g/mol. The number of fused-ring (bicyclic) bond motifs is 1. The van der Waals surface area contributed by atoms with Gasteiger partial charge in [0.1, 0.15) is 0 Å². The van der Waals surface area contributed by atoms with Gasteiger partial charge in [-0.05, 0) is 63.3 Å². The van der Waals surface area contributed by atoms with E-state index in [2.05, 4.69) is 47.7 Å². The van der Waals surface area contributed by atoms with Gasteiger partial charge in [0.2, 0.25) is 5.91 Å². The molecule has 1 aliphatic carbocycles. The van der Waals surface area contributed by atoms with Gasteiger partial charge in [-0.1, -0.05) is 37.5 Å². The molecule has 2 heterocycles. The highest BCUT2D eigenvalue weighted by Crippen LogP contribution is 2.32. The number of pyridine rings is 1. The van der Waals surface area contributed by atoms with Gasteiger partial charge < -0.3 is 9.80 Å². The topological polar surface area (TPSA) is 56.8 Å². The maximum atomic E-state index is 13.9. The first-order valence-corrected chi connectivity index (χ1v) is 13.3. The number of carbonyl (C=O) groups is 2. The summed E-state index contributed by atoms with van der Waals surface area (Å²) < 4.78 is 0. The lowest BCUT2D eigenvalue weighted by Gasteiger charge is -2.33. The molecule has 1 aliphatic heterocycles. The molecule has 188 valence electrons. The molecule has 0 atom stereocenters. The van der Waals surface area contributed by atoms with Crippen molar-refractivity contribution < 1.29 is 9.59 Å². The minimum Gasteiger partial charge on any atom is -0.333 e. The molecule has 4 rings (SSSR count). The van der Waals surface area contributed by atoms with E-state index in [0.717, 1.165) is 62.0 Å². The van der Waals surface area contributed by atoms with Crippen LogP contribution in [0.15, 0.2) is 42.7 Å². The number of para-hydroxylation sites is 1. The molecule has 1 aromatic heterocycles. The fourth-order valence-corrected chi connectivity index (χ4v) is 5.57. The molecule has 0 unspecified atom stereocenters. The summed E-state index contributed by atoms with van der Waals surface area (Å²) in [7, 11) is 0. The summed E-state index contributed by atoms with van der Waals surface area (Å²) in [6.07, 6.45) is 9.73. The Labute approximate surface area is 210 Å². The molecular weight excluding hydrogens is 436 g/mol. The van der Waals surface area contributed by atoms with Gasteiger partial charge in [-0.3, -0.25) is 19.5 Å². The summed E-state index contributed by atoms with van der Waals surface area (Å²) in [6, 6.07) is 10.2. The van der Waals surface area contributed by atoms with Crippen molar-refractivity contribution in [3.63, 3.8) is 0 Å². The molecule has 35 heavy (non-hydrogen) atoms. The Hall–Kier alpha value is -2.73. The van der Waals surface area contributed by atoms with E-state index >= 15 is 0 Å². The zero-order chi connectivity index (χ0) is 24.8. The molecular formula is C29H40N4O2. The van der Waals surface area contributed by atoms with Crippen LogP contribution in [0.4, 0.5) is 5.69 Å². The molecule has 1 fully saturated rings. The Balaban J connectivity index is 1.72. The van der Waals surface area contributed by atoms with Gasteiger partial charge >= 0.3 is 0 Å². The van der Waals surface area contributed by atoms with Crippen LogP contribution in [0.25, 0.3) is 0 Å². The van der Waals surface area contributed by atoms with Crippen LogP contribution in [0.1, 0.15) is 73.9 Å². The number of anilines is 1. The lowest BCUT2D eigenvalue weighted by Crippen LogP contribution is -2.41. The van der Waals surface area contributed by atoms with E-state index in [1.165, 1.54) is 6.42 Å². The predicted octanol–water partition coefficient (Wildman–Crippen LogP) is 5.06. The lowest BCUT2D eigenvalue weighted by molar-refractivity contribution is -0.123. The number of hydrogen-bond acceptors (Lipinski definition) is 4. The van der Waals surface area contributed by atoms with E-state index in [1.807, 2.05) is 23.1 Å². The molecule has 2 amide bonds. The number of amides is 2. The highest BCUT2D eigenvalue weighted by atomic mass is 16.2. The minimum atomic E-state index is -0.0151. The van der Waals surface area contributed by atoms with Gasteiger partial charge in [0.05, 0.1) is 11.3 Å². The van der Waals surface area contributed by atoms with Crippen LogP contribution in [-0.4, -0.2) is 58.8 Å². The second-order valence-corrected chi connectivity index (χ2v) is 10.4. The first kappa shape index (κ1) is 25.4. The van der Waals surface area contributed by atoms with Crippen molar-refractivity contribution >= 4 is 17.5 Å². The largest absolute Gasteiger partial charge is 0.333 e. The SMILES string of the molecule is Cc1cccc2c1N(C(=O)C1CCCCC1)CCCN(C(C)C)CCN(C(=O)c1cccnc1)C2. The van der Waals surface area contributed by atoms with Crippen molar-refractivity contribution in [2.45, 2.75) is 71.9 Å². The maximum absolute atomic E-state index is 13.9. The molecule has 0 N–H and O–H groups in total. The average molecular weight is 477 g/mol. The second-order valence-electron chi connectivity index (χ2n) is 10.4. The van der Waals surface area contributed by atoms with Crippen LogP contribution >= 0.6 is 0 Å². The van der Waals surface area contributed by atoms with Gasteiger partial charge in [-0.25, -0.2) is 0 Å². The zero-order valence-electron chi connectivity index (χ0n) is 21.6. The van der Waals surface area contributed by atoms with Crippen molar-refractivity contribution in [1.29, 1.82) is 0 Å². The molecule has 1 saturated carbocycles. The number of nitrogens with zero attached hydrogens (tertiary/aromatic N) is 4. The van der Waals surface area contributed by atoms with E-state index in [0.29, 0.717) is 31.2 Å². The molecule has 0 spiro atoms. The maximum Gasteiger partial charge on any atom is 0.255 e. The van der Waals surface area contributed by atoms with E-state index < -0.39 is 0 Å². The van der Waals surface area contributed by atoms with E-state index in [4.69, 9.17) is 0 Å². The number of aryl methyl sites for hydroxylation is 1. The van der Waals surface area contributed by atoms with E-state index in [9.17, 15) is 9.59 Å². The number of carbonyl (C=O) groups excluding carboxylic acids is 2. The van der Waals surface area contributed by atoms with Crippen molar-refractivity contribution in [3.05, 3.63) is 59.4 Å². The van der Waals surface area contributed by atoms with Crippen molar-refractivity contribution in [3.8, 4) is 0 Å². The van der Waals surface area contributed by atoms with Crippen LogP contribution in [0.3, 0.4) is 0 Å². The molecule has 6 heteroatoms. The zero-order valence-corrected chi connectivity index (χ0v) is 21.6. The quantitative estimate of drug-likeness (QED) is 0.621. The summed E-state index contributed by atoms with van der Waals surface area (Å²) >= 11 is 0. The number of aromatic nitrogens is 1. The third-order valence-corrected chi connectivity index (χ3v) is 7.58. The highest BCUT2D eigenvalue weighted by molar-refractivity contribution is 5.97. The standard InChI is InChI=1S/C29H40N4O2/c1-22(2)31-16-9-17-33(29(35)24-11-5-4-6-12-24)27-23(3)10-7-13-26(27)21-32(19-18-31)28(34)25-14-8-15-30-20-25/h7-8,10,13-15,20,22,24H,4-6,9,11-12,16-19,21H2,1-3H3. The fourth-order valence-electron chi connectivity index (χ4n) is 5.57. The molecule has 0 saturated heterocycles. The Morgan fingerprint density at radius 2 is 1.74 bits per heavy atom. The summed E-state index contributed by atoms with van der Waals surface area (Å²) in [6.45, 7) is 10.0. The van der Waals surface area contributed by atoms with Crippen LogP contribution in [-0.2, 0) is 11.3 Å². The Kier molecular flexibility index (Phi) is 8.55. The highest BCUT2D eigenvalue weighted by Gasteiger charge is 2.30. The lowest BCUT2D eigenvalue weighted by atomic mass is 9.87. The number of rotatable bonds is 3. The molecule has 0 radical (unpaired) electrons. The van der Waals surface area contributed by atoms with Gasteiger partial charge in [-0.2, -0.15) is 0 Å². The van der Waals surface area contributed by atoms with Crippen LogP contribution < -0.4 is 4.90 Å². The average Bonchev–Trinajstić information content (AvgIpc) is 2.91. The van der Waals surface area contributed by atoms with Crippen molar-refractivity contribution in [2.24, 2.45) is 5.92 Å². The Morgan fingerprint density at radius 3 is 2.46 bits per heavy atom. The van der Waals surface area contributed by atoms with Crippen molar-refractivity contribution in [1.82, 2.24) is 14.8 Å². The predicted molar refractivity (Wildman–Crippen MR) is 140 cm³/mol.